The maximum atomic E-state index is 12.0. The zero-order chi connectivity index (χ0) is 16.0. The Morgan fingerprint density at radius 3 is 2.62 bits per heavy atom. The highest BCUT2D eigenvalue weighted by atomic mass is 19.4. The van der Waals surface area contributed by atoms with Crippen molar-refractivity contribution in [3.8, 4) is 5.75 Å². The minimum absolute atomic E-state index is 0.000153. The van der Waals surface area contributed by atoms with Gasteiger partial charge in [-0.15, -0.1) is 0 Å². The Hall–Kier alpha value is -2.45. The summed E-state index contributed by atoms with van der Waals surface area (Å²) in [4.78, 5) is 22.0. The average Bonchev–Trinajstić information content (AvgIpc) is 2.35. The van der Waals surface area contributed by atoms with Gasteiger partial charge in [0.25, 0.3) is 0 Å². The zero-order valence-corrected chi connectivity index (χ0v) is 11.0. The molecule has 0 heterocycles. The van der Waals surface area contributed by atoms with Gasteiger partial charge in [0.1, 0.15) is 11.8 Å². The number of nitrogens with two attached hydrogens (primary N) is 1. The number of rotatable bonds is 5. The molecule has 0 saturated heterocycles. The number of carbonyl (C=O) groups excluding carboxylic acids is 2. The van der Waals surface area contributed by atoms with E-state index in [9.17, 15) is 22.8 Å². The number of anilines is 1. The van der Waals surface area contributed by atoms with Crippen LogP contribution < -0.4 is 21.1 Å². The summed E-state index contributed by atoms with van der Waals surface area (Å²) < 4.78 is 40.7. The fourth-order valence-corrected chi connectivity index (χ4v) is 1.39. The van der Waals surface area contributed by atoms with Gasteiger partial charge in [-0.2, -0.15) is 13.2 Å². The molecule has 0 aliphatic rings. The number of ether oxygens (including phenoxy) is 1. The summed E-state index contributed by atoms with van der Waals surface area (Å²) in [6.45, 7) is 0.0513. The highest BCUT2D eigenvalue weighted by molar-refractivity contribution is 5.97. The van der Waals surface area contributed by atoms with Crippen LogP contribution in [-0.4, -0.2) is 30.8 Å². The summed E-state index contributed by atoms with van der Waals surface area (Å²) in [5.41, 5.74) is 5.17. The number of amides is 3. The number of benzene rings is 1. The Kier molecular flexibility index (Phi) is 5.39. The number of carbonyl (C=O) groups is 2. The van der Waals surface area contributed by atoms with Crippen LogP contribution in [0.2, 0.25) is 0 Å². The van der Waals surface area contributed by atoms with Crippen molar-refractivity contribution in [1.82, 2.24) is 5.32 Å². The molecule has 3 amide bonds. The Morgan fingerprint density at radius 1 is 1.38 bits per heavy atom. The lowest BCUT2D eigenvalue weighted by atomic mass is 10.2. The Balaban J connectivity index is 2.64. The molecule has 9 heteroatoms. The second-order valence-electron chi connectivity index (χ2n) is 4.15. The van der Waals surface area contributed by atoms with Gasteiger partial charge in [0.05, 0.1) is 0 Å². The van der Waals surface area contributed by atoms with Crippen LogP contribution in [0.5, 0.6) is 5.75 Å². The summed E-state index contributed by atoms with van der Waals surface area (Å²) in [7, 11) is 0. The Labute approximate surface area is 118 Å². The van der Waals surface area contributed by atoms with Gasteiger partial charge < -0.3 is 15.8 Å². The third-order valence-electron chi connectivity index (χ3n) is 2.26. The molecule has 0 aliphatic heterocycles. The number of primary amides is 1. The lowest BCUT2D eigenvalue weighted by Gasteiger charge is -2.15. The number of urea groups is 1. The lowest BCUT2D eigenvalue weighted by Crippen LogP contribution is -2.43. The van der Waals surface area contributed by atoms with Gasteiger partial charge in [-0.05, 0) is 19.1 Å². The quantitative estimate of drug-likeness (QED) is 0.770. The molecule has 1 aromatic rings. The van der Waals surface area contributed by atoms with Gasteiger partial charge in [0.15, 0.2) is 6.61 Å². The molecule has 116 valence electrons. The largest absolute Gasteiger partial charge is 0.484 e. The summed E-state index contributed by atoms with van der Waals surface area (Å²) in [6, 6.07) is 3.86. The first-order chi connectivity index (χ1) is 9.67. The number of imide groups is 1. The lowest BCUT2D eigenvalue weighted by molar-refractivity contribution is -0.153. The number of halogens is 3. The smallest absolute Gasteiger partial charge is 0.422 e. The first-order valence-corrected chi connectivity index (χ1v) is 5.84. The molecule has 0 fully saturated rings. The maximum absolute atomic E-state index is 12.0. The molecule has 0 saturated carbocycles. The molecule has 21 heavy (non-hydrogen) atoms. The van der Waals surface area contributed by atoms with E-state index in [2.05, 4.69) is 10.1 Å². The Morgan fingerprint density at radius 2 is 2.05 bits per heavy atom. The third kappa shape index (κ3) is 6.50. The van der Waals surface area contributed by atoms with Crippen LogP contribution in [0.1, 0.15) is 6.92 Å². The molecular formula is C12H14F3N3O3. The van der Waals surface area contributed by atoms with Crippen molar-refractivity contribution in [2.24, 2.45) is 5.73 Å². The monoisotopic (exact) mass is 305 g/mol. The van der Waals surface area contributed by atoms with Gasteiger partial charge >= 0.3 is 12.2 Å². The fraction of sp³-hybridized carbons (Fsp3) is 0.333. The first-order valence-electron chi connectivity index (χ1n) is 5.84. The van der Waals surface area contributed by atoms with Crippen LogP contribution in [0, 0.1) is 0 Å². The molecule has 0 spiro atoms. The molecule has 0 unspecified atom stereocenters. The minimum Gasteiger partial charge on any atom is -0.484 e. The maximum Gasteiger partial charge on any atom is 0.422 e. The summed E-state index contributed by atoms with van der Waals surface area (Å²) in [5, 5.41) is 4.58. The van der Waals surface area contributed by atoms with E-state index in [0.717, 1.165) is 0 Å². The van der Waals surface area contributed by atoms with E-state index in [4.69, 9.17) is 5.73 Å². The van der Waals surface area contributed by atoms with Gasteiger partial charge in [0.2, 0.25) is 5.91 Å². The number of nitrogens with one attached hydrogen (secondary N) is 2. The molecular weight excluding hydrogens is 291 g/mol. The highest BCUT2D eigenvalue weighted by Gasteiger charge is 2.28. The molecule has 0 radical (unpaired) electrons. The SMILES string of the molecule is C[C@@H](Nc1cccc(OCC(F)(F)F)c1)C(=O)NC(N)=O. The minimum atomic E-state index is -4.43. The molecule has 1 aromatic carbocycles. The van der Waals surface area contributed by atoms with Crippen LogP contribution in [-0.2, 0) is 4.79 Å². The zero-order valence-electron chi connectivity index (χ0n) is 11.0. The number of alkyl halides is 3. The topological polar surface area (TPSA) is 93.4 Å². The van der Waals surface area contributed by atoms with E-state index in [1.807, 2.05) is 5.32 Å². The van der Waals surface area contributed by atoms with Gasteiger partial charge in [-0.25, -0.2) is 4.79 Å². The standard InChI is InChI=1S/C12H14F3N3O3/c1-7(10(19)18-11(16)20)17-8-3-2-4-9(5-8)21-6-12(13,14)15/h2-5,7,17H,6H2,1H3,(H3,16,18,19,20)/t7-/m1/s1. The van der Waals surface area contributed by atoms with Crippen LogP contribution in [0.15, 0.2) is 24.3 Å². The van der Waals surface area contributed by atoms with E-state index < -0.39 is 30.8 Å². The van der Waals surface area contributed by atoms with E-state index in [1.165, 1.54) is 31.2 Å². The van der Waals surface area contributed by atoms with Crippen LogP contribution >= 0.6 is 0 Å². The summed E-state index contributed by atoms with van der Waals surface area (Å²) in [5.74, 6) is -0.663. The number of hydrogen-bond donors (Lipinski definition) is 3. The average molecular weight is 305 g/mol. The second kappa shape index (κ2) is 6.82. The van der Waals surface area contributed by atoms with Crippen LogP contribution in [0.3, 0.4) is 0 Å². The molecule has 1 atom stereocenters. The van der Waals surface area contributed by atoms with E-state index >= 15 is 0 Å². The predicted molar refractivity (Wildman–Crippen MR) is 68.8 cm³/mol. The summed E-state index contributed by atoms with van der Waals surface area (Å²) >= 11 is 0. The molecule has 6 nitrogen and oxygen atoms in total. The van der Waals surface area contributed by atoms with Crippen molar-refractivity contribution in [3.05, 3.63) is 24.3 Å². The van der Waals surface area contributed by atoms with Crippen molar-refractivity contribution >= 4 is 17.6 Å². The highest BCUT2D eigenvalue weighted by Crippen LogP contribution is 2.21. The van der Waals surface area contributed by atoms with Crippen molar-refractivity contribution < 1.29 is 27.5 Å². The molecule has 1 rings (SSSR count). The van der Waals surface area contributed by atoms with Crippen molar-refractivity contribution in [3.63, 3.8) is 0 Å². The van der Waals surface area contributed by atoms with Crippen molar-refractivity contribution in [2.45, 2.75) is 19.1 Å². The second-order valence-corrected chi connectivity index (χ2v) is 4.15. The Bertz CT molecular complexity index is 520. The predicted octanol–water partition coefficient (Wildman–Crippen LogP) is 1.62. The molecule has 0 aliphatic carbocycles. The molecule has 4 N–H and O–H groups in total. The van der Waals surface area contributed by atoms with E-state index in [0.29, 0.717) is 5.69 Å². The summed E-state index contributed by atoms with van der Waals surface area (Å²) in [6.07, 6.45) is -4.43. The fourth-order valence-electron chi connectivity index (χ4n) is 1.39. The van der Waals surface area contributed by atoms with Gasteiger partial charge in [-0.1, -0.05) is 6.07 Å². The van der Waals surface area contributed by atoms with E-state index in [-0.39, 0.29) is 5.75 Å². The number of hydrogen-bond acceptors (Lipinski definition) is 4. The molecule has 0 bridgehead atoms. The van der Waals surface area contributed by atoms with Crippen molar-refractivity contribution in [1.29, 1.82) is 0 Å². The van der Waals surface area contributed by atoms with E-state index in [1.54, 1.807) is 0 Å². The van der Waals surface area contributed by atoms with Crippen LogP contribution in [0.4, 0.5) is 23.7 Å². The van der Waals surface area contributed by atoms with Crippen LogP contribution in [0.25, 0.3) is 0 Å². The third-order valence-corrected chi connectivity index (χ3v) is 2.26. The van der Waals surface area contributed by atoms with Gasteiger partial charge in [0, 0.05) is 11.8 Å². The normalized spacial score (nSPS) is 12.4. The van der Waals surface area contributed by atoms with Gasteiger partial charge in [-0.3, -0.25) is 10.1 Å². The first kappa shape index (κ1) is 16.6. The molecule has 0 aromatic heterocycles. The van der Waals surface area contributed by atoms with Crippen molar-refractivity contribution in [2.75, 3.05) is 11.9 Å².